The summed E-state index contributed by atoms with van der Waals surface area (Å²) in [6.45, 7) is 0. The van der Waals surface area contributed by atoms with Crippen molar-refractivity contribution in [3.8, 4) is 11.5 Å². The van der Waals surface area contributed by atoms with Crippen molar-refractivity contribution in [1.29, 1.82) is 0 Å². The average Bonchev–Trinajstić information content (AvgIpc) is 2.74. The molecule has 7 heteroatoms. The summed E-state index contributed by atoms with van der Waals surface area (Å²) in [5.41, 5.74) is 2.46. The number of hydrogen-bond donors (Lipinski definition) is 0. The Morgan fingerprint density at radius 3 is 2.60 bits per heavy atom. The largest absolute Gasteiger partial charge is 0.493 e. The van der Waals surface area contributed by atoms with Crippen molar-refractivity contribution in [1.82, 2.24) is 0 Å². The summed E-state index contributed by atoms with van der Waals surface area (Å²) in [7, 11) is 3.08. The number of anilines is 1. The van der Waals surface area contributed by atoms with Crippen LogP contribution < -0.4 is 14.4 Å². The van der Waals surface area contributed by atoms with Gasteiger partial charge in [-0.2, -0.15) is 0 Å². The summed E-state index contributed by atoms with van der Waals surface area (Å²) >= 11 is 5.96. The predicted octanol–water partition coefficient (Wildman–Crippen LogP) is 5.02. The fraction of sp³-hybridized carbons (Fsp3) is 0.304. The second-order valence-electron chi connectivity index (χ2n) is 7.30. The molecule has 30 heavy (non-hydrogen) atoms. The normalized spacial score (nSPS) is 19.1. The molecule has 0 N–H and O–H groups in total. The summed E-state index contributed by atoms with van der Waals surface area (Å²) in [5.74, 6) is -0.102. The van der Waals surface area contributed by atoms with Crippen LogP contribution in [-0.4, -0.2) is 25.9 Å². The monoisotopic (exact) mass is 429 g/mol. The van der Waals surface area contributed by atoms with E-state index in [2.05, 4.69) is 0 Å². The number of allylic oxidation sites excluding steroid dienone is 2. The van der Waals surface area contributed by atoms with Crippen LogP contribution in [0.4, 0.5) is 10.1 Å². The summed E-state index contributed by atoms with van der Waals surface area (Å²) in [6, 6.07) is 9.61. The van der Waals surface area contributed by atoms with E-state index in [1.54, 1.807) is 13.2 Å². The Morgan fingerprint density at radius 1 is 1.10 bits per heavy atom. The third-order valence-corrected chi connectivity index (χ3v) is 5.94. The Kier molecular flexibility index (Phi) is 5.52. The highest BCUT2D eigenvalue weighted by Crippen LogP contribution is 2.47. The van der Waals surface area contributed by atoms with Gasteiger partial charge in [-0.1, -0.05) is 23.7 Å². The topological polar surface area (TPSA) is 55.8 Å². The molecule has 2 aromatic carbocycles. The molecular formula is C23H21ClFNO4. The molecule has 0 radical (unpaired) electrons. The van der Waals surface area contributed by atoms with Crippen LogP contribution in [0.1, 0.15) is 37.2 Å². The standard InChI is InChI=1S/C23H21ClFNO4/c1-29-20-8-3-5-14(23(20)30-2)15-12-21(28)26(13-9-10-17(25)16(24)11-13)18-6-4-7-19(27)22(15)18/h3,5,8-11,15H,4,6-7,12H2,1-2H3. The van der Waals surface area contributed by atoms with E-state index in [4.69, 9.17) is 21.1 Å². The number of benzene rings is 2. The minimum atomic E-state index is -0.558. The van der Waals surface area contributed by atoms with Gasteiger partial charge in [-0.15, -0.1) is 0 Å². The number of ketones is 1. The maximum Gasteiger partial charge on any atom is 0.232 e. The van der Waals surface area contributed by atoms with Gasteiger partial charge in [-0.3, -0.25) is 14.5 Å². The van der Waals surface area contributed by atoms with Gasteiger partial charge in [0.15, 0.2) is 17.3 Å². The van der Waals surface area contributed by atoms with Crippen LogP contribution in [-0.2, 0) is 9.59 Å². The smallest absolute Gasteiger partial charge is 0.232 e. The number of para-hydroxylation sites is 1. The van der Waals surface area contributed by atoms with Crippen molar-refractivity contribution in [3.63, 3.8) is 0 Å². The fourth-order valence-corrected chi connectivity index (χ4v) is 4.54. The van der Waals surface area contributed by atoms with E-state index in [-0.39, 0.29) is 23.1 Å². The lowest BCUT2D eigenvalue weighted by Gasteiger charge is -2.38. The van der Waals surface area contributed by atoms with Crippen molar-refractivity contribution in [2.45, 2.75) is 31.6 Å². The molecule has 0 aromatic heterocycles. The first-order valence-electron chi connectivity index (χ1n) is 9.71. The second kappa shape index (κ2) is 8.11. The van der Waals surface area contributed by atoms with Gasteiger partial charge >= 0.3 is 0 Å². The fourth-order valence-electron chi connectivity index (χ4n) is 4.37. The van der Waals surface area contributed by atoms with Crippen molar-refractivity contribution >= 4 is 29.0 Å². The zero-order valence-corrected chi connectivity index (χ0v) is 17.5. The number of hydrogen-bond acceptors (Lipinski definition) is 4. The van der Waals surface area contributed by atoms with Crippen LogP contribution in [0.3, 0.4) is 0 Å². The SMILES string of the molecule is COc1cccc(C2CC(=O)N(c3ccc(F)c(Cl)c3)C3=C2C(=O)CCC3)c1OC. The number of carbonyl (C=O) groups excluding carboxylic acids is 2. The lowest BCUT2D eigenvalue weighted by Crippen LogP contribution is -2.40. The van der Waals surface area contributed by atoms with Crippen LogP contribution in [0.15, 0.2) is 47.7 Å². The van der Waals surface area contributed by atoms with E-state index in [9.17, 15) is 14.0 Å². The maximum atomic E-state index is 13.7. The number of carbonyl (C=O) groups is 2. The van der Waals surface area contributed by atoms with Gasteiger partial charge in [0, 0.05) is 35.6 Å². The summed E-state index contributed by atoms with van der Waals surface area (Å²) in [4.78, 5) is 27.8. The lowest BCUT2D eigenvalue weighted by molar-refractivity contribution is -0.119. The van der Waals surface area contributed by atoms with E-state index in [1.165, 1.54) is 30.2 Å². The van der Waals surface area contributed by atoms with Crippen LogP contribution in [0, 0.1) is 5.82 Å². The maximum absolute atomic E-state index is 13.7. The summed E-state index contributed by atoms with van der Waals surface area (Å²) in [5, 5.41) is -0.0684. The number of ether oxygens (including phenoxy) is 2. The molecule has 0 saturated carbocycles. The quantitative estimate of drug-likeness (QED) is 0.684. The van der Waals surface area contributed by atoms with Gasteiger partial charge in [0.2, 0.25) is 5.91 Å². The van der Waals surface area contributed by atoms with E-state index in [0.29, 0.717) is 47.7 Å². The third kappa shape index (κ3) is 3.35. The second-order valence-corrected chi connectivity index (χ2v) is 7.71. The van der Waals surface area contributed by atoms with Gasteiger partial charge in [0.05, 0.1) is 24.9 Å². The first kappa shape index (κ1) is 20.4. The highest BCUT2D eigenvalue weighted by molar-refractivity contribution is 6.31. The first-order valence-corrected chi connectivity index (χ1v) is 10.1. The van der Waals surface area contributed by atoms with Gasteiger partial charge < -0.3 is 9.47 Å². The summed E-state index contributed by atoms with van der Waals surface area (Å²) < 4.78 is 24.6. The Labute approximate surface area is 179 Å². The average molecular weight is 430 g/mol. The molecular weight excluding hydrogens is 409 g/mol. The zero-order chi connectivity index (χ0) is 21.4. The molecule has 5 nitrogen and oxygen atoms in total. The van der Waals surface area contributed by atoms with Crippen LogP contribution in [0.2, 0.25) is 5.02 Å². The van der Waals surface area contributed by atoms with Gasteiger partial charge in [0.1, 0.15) is 5.82 Å². The molecule has 2 aliphatic rings. The molecule has 1 unspecified atom stereocenters. The number of amides is 1. The Morgan fingerprint density at radius 2 is 1.90 bits per heavy atom. The predicted molar refractivity (Wildman–Crippen MR) is 112 cm³/mol. The zero-order valence-electron chi connectivity index (χ0n) is 16.7. The molecule has 1 amide bonds. The molecule has 0 bridgehead atoms. The molecule has 2 aromatic rings. The van der Waals surface area contributed by atoms with Crippen molar-refractivity contribution < 1.29 is 23.5 Å². The van der Waals surface area contributed by atoms with Crippen molar-refractivity contribution in [3.05, 3.63) is 64.1 Å². The molecule has 1 atom stereocenters. The van der Waals surface area contributed by atoms with Crippen LogP contribution in [0.25, 0.3) is 0 Å². The Bertz CT molecular complexity index is 1070. The molecule has 1 aliphatic heterocycles. The number of rotatable bonds is 4. The Balaban J connectivity index is 1.89. The van der Waals surface area contributed by atoms with Crippen molar-refractivity contribution in [2.24, 2.45) is 0 Å². The molecule has 156 valence electrons. The highest BCUT2D eigenvalue weighted by Gasteiger charge is 2.41. The number of halogens is 2. The number of Topliss-reactive ketones (excluding diaryl/α,β-unsaturated/α-hetero) is 1. The highest BCUT2D eigenvalue weighted by atomic mass is 35.5. The van der Waals surface area contributed by atoms with E-state index < -0.39 is 11.7 Å². The molecule has 1 heterocycles. The van der Waals surface area contributed by atoms with Crippen LogP contribution in [0.5, 0.6) is 11.5 Å². The molecule has 0 fully saturated rings. The van der Waals surface area contributed by atoms with Crippen LogP contribution >= 0.6 is 11.6 Å². The minimum absolute atomic E-state index is 0.0110. The van der Waals surface area contributed by atoms with E-state index >= 15 is 0 Å². The third-order valence-electron chi connectivity index (χ3n) is 5.65. The Hall–Kier alpha value is -2.86. The van der Waals surface area contributed by atoms with E-state index in [0.717, 1.165) is 5.56 Å². The molecule has 0 spiro atoms. The molecule has 1 aliphatic carbocycles. The van der Waals surface area contributed by atoms with Crippen molar-refractivity contribution in [2.75, 3.05) is 19.1 Å². The van der Waals surface area contributed by atoms with Gasteiger partial charge in [-0.05, 0) is 37.1 Å². The molecule has 0 saturated heterocycles. The first-order chi connectivity index (χ1) is 14.5. The number of methoxy groups -OCH3 is 2. The summed E-state index contributed by atoms with van der Waals surface area (Å²) in [6.07, 6.45) is 1.74. The lowest BCUT2D eigenvalue weighted by atomic mass is 9.76. The van der Waals surface area contributed by atoms with Gasteiger partial charge in [-0.25, -0.2) is 4.39 Å². The minimum Gasteiger partial charge on any atom is -0.493 e. The van der Waals surface area contributed by atoms with E-state index in [1.807, 2.05) is 12.1 Å². The van der Waals surface area contributed by atoms with Gasteiger partial charge in [0.25, 0.3) is 0 Å². The molecule has 4 rings (SSSR count). The number of nitrogens with zero attached hydrogens (tertiary/aromatic N) is 1.